The molecule has 0 spiro atoms. The fourth-order valence-corrected chi connectivity index (χ4v) is 3.95. The van der Waals surface area contributed by atoms with Crippen molar-refractivity contribution in [1.82, 2.24) is 19.8 Å². The molecule has 0 aromatic carbocycles. The Labute approximate surface area is 157 Å². The highest BCUT2D eigenvalue weighted by Gasteiger charge is 2.28. The van der Waals surface area contributed by atoms with Crippen LogP contribution in [0.3, 0.4) is 0 Å². The van der Waals surface area contributed by atoms with Crippen LogP contribution < -0.4 is 4.90 Å². The van der Waals surface area contributed by atoms with Gasteiger partial charge < -0.3 is 14.7 Å². The first-order chi connectivity index (χ1) is 12.6. The van der Waals surface area contributed by atoms with Gasteiger partial charge in [0.15, 0.2) is 0 Å². The zero-order chi connectivity index (χ0) is 18.5. The third-order valence-electron chi connectivity index (χ3n) is 5.62. The first-order valence-electron chi connectivity index (χ1n) is 10.2. The van der Waals surface area contributed by atoms with Crippen molar-refractivity contribution in [3.63, 3.8) is 0 Å². The van der Waals surface area contributed by atoms with E-state index in [0.29, 0.717) is 13.0 Å². The van der Waals surface area contributed by atoms with Gasteiger partial charge in [-0.15, -0.1) is 0 Å². The Morgan fingerprint density at radius 2 is 1.81 bits per heavy atom. The average Bonchev–Trinajstić information content (AvgIpc) is 2.67. The molecule has 0 unspecified atom stereocenters. The maximum absolute atomic E-state index is 12.6. The van der Waals surface area contributed by atoms with Crippen molar-refractivity contribution in [2.24, 2.45) is 0 Å². The number of unbranched alkanes of at least 4 members (excludes halogenated alkanes) is 2. The summed E-state index contributed by atoms with van der Waals surface area (Å²) in [6, 6.07) is 0. The van der Waals surface area contributed by atoms with Gasteiger partial charge in [-0.05, 0) is 19.9 Å². The lowest BCUT2D eigenvalue weighted by atomic mass is 10.0. The zero-order valence-corrected chi connectivity index (χ0v) is 16.6. The second-order valence-corrected chi connectivity index (χ2v) is 7.46. The lowest BCUT2D eigenvalue weighted by Crippen LogP contribution is -2.47. The van der Waals surface area contributed by atoms with Crippen LogP contribution >= 0.6 is 0 Å². The van der Waals surface area contributed by atoms with Crippen molar-refractivity contribution in [2.75, 3.05) is 44.2 Å². The maximum atomic E-state index is 12.6. The van der Waals surface area contributed by atoms with Crippen molar-refractivity contribution < 1.29 is 4.79 Å². The highest BCUT2D eigenvalue weighted by atomic mass is 16.2. The van der Waals surface area contributed by atoms with Crippen LogP contribution in [0.2, 0.25) is 0 Å². The summed E-state index contributed by atoms with van der Waals surface area (Å²) in [5, 5.41) is 0. The average molecular weight is 360 g/mol. The van der Waals surface area contributed by atoms with Gasteiger partial charge in [-0.2, -0.15) is 0 Å². The molecule has 0 N–H and O–H groups in total. The molecule has 6 heteroatoms. The minimum absolute atomic E-state index is 0.284. The van der Waals surface area contributed by atoms with Crippen LogP contribution in [-0.4, -0.2) is 64.9 Å². The van der Waals surface area contributed by atoms with Crippen LogP contribution in [-0.2, 0) is 17.8 Å². The number of amides is 1. The van der Waals surface area contributed by atoms with E-state index in [2.05, 4.69) is 28.6 Å². The predicted octanol–water partition coefficient (Wildman–Crippen LogP) is 2.39. The summed E-state index contributed by atoms with van der Waals surface area (Å²) in [5.74, 6) is 2.19. The number of rotatable bonds is 6. The molecule has 0 bridgehead atoms. The Kier molecular flexibility index (Phi) is 6.46. The number of nitrogens with zero attached hydrogens (tertiary/aromatic N) is 5. The highest BCUT2D eigenvalue weighted by Crippen LogP contribution is 2.28. The highest BCUT2D eigenvalue weighted by molar-refractivity contribution is 5.76. The number of carbonyl (C=O) groups is 1. The van der Waals surface area contributed by atoms with E-state index < -0.39 is 0 Å². The second kappa shape index (κ2) is 8.80. The quantitative estimate of drug-likeness (QED) is 0.730. The van der Waals surface area contributed by atoms with Crippen LogP contribution in [0.15, 0.2) is 0 Å². The van der Waals surface area contributed by atoms with Gasteiger partial charge in [-0.25, -0.2) is 9.97 Å². The number of hydrogen-bond acceptors (Lipinski definition) is 5. The monoisotopic (exact) mass is 359 g/mol. The minimum atomic E-state index is 0.284. The van der Waals surface area contributed by atoms with Crippen molar-refractivity contribution in [3.8, 4) is 0 Å². The number of carbonyl (C=O) groups excluding carboxylic acids is 1. The van der Waals surface area contributed by atoms with Crippen LogP contribution in [0.1, 0.15) is 56.6 Å². The molecule has 0 radical (unpaired) electrons. The van der Waals surface area contributed by atoms with Gasteiger partial charge in [-0.3, -0.25) is 4.79 Å². The Hall–Kier alpha value is -1.69. The van der Waals surface area contributed by atoms with Crippen LogP contribution in [0.4, 0.5) is 5.82 Å². The third-order valence-corrected chi connectivity index (χ3v) is 5.62. The molecule has 3 rings (SSSR count). The zero-order valence-electron chi connectivity index (χ0n) is 16.6. The summed E-state index contributed by atoms with van der Waals surface area (Å²) in [6.07, 6.45) is 4.79. The van der Waals surface area contributed by atoms with E-state index in [9.17, 15) is 4.79 Å². The summed E-state index contributed by atoms with van der Waals surface area (Å²) in [7, 11) is 0. The van der Waals surface area contributed by atoms with E-state index in [1.807, 2.05) is 11.8 Å². The Balaban J connectivity index is 1.75. The number of hydrogen-bond donors (Lipinski definition) is 0. The van der Waals surface area contributed by atoms with Crippen molar-refractivity contribution in [2.45, 2.75) is 59.4 Å². The molecule has 2 aliphatic heterocycles. The SMILES string of the molecule is CCCCCC(=O)N1CCc2nc(C)nc(N3CCN(CC)CC3)c2C1. The van der Waals surface area contributed by atoms with E-state index in [0.717, 1.165) is 82.3 Å². The number of piperazine rings is 1. The molecule has 0 saturated carbocycles. The molecule has 144 valence electrons. The standard InChI is InChI=1S/C20H33N5O/c1-4-6-7-8-19(26)25-10-9-18-17(15-25)20(22-16(3)21-18)24-13-11-23(5-2)12-14-24/h4-15H2,1-3H3. The molecular weight excluding hydrogens is 326 g/mol. The van der Waals surface area contributed by atoms with Gasteiger partial charge in [0.25, 0.3) is 0 Å². The molecule has 1 amide bonds. The predicted molar refractivity (Wildman–Crippen MR) is 104 cm³/mol. The smallest absolute Gasteiger partial charge is 0.222 e. The Morgan fingerprint density at radius 1 is 1.04 bits per heavy atom. The summed E-state index contributed by atoms with van der Waals surface area (Å²) < 4.78 is 0. The molecule has 2 aliphatic rings. The van der Waals surface area contributed by atoms with E-state index in [4.69, 9.17) is 4.98 Å². The van der Waals surface area contributed by atoms with Crippen molar-refractivity contribution in [1.29, 1.82) is 0 Å². The van der Waals surface area contributed by atoms with Gasteiger partial charge in [-0.1, -0.05) is 26.7 Å². The van der Waals surface area contributed by atoms with Crippen LogP contribution in [0, 0.1) is 6.92 Å². The molecule has 1 fully saturated rings. The van der Waals surface area contributed by atoms with E-state index in [1.54, 1.807) is 0 Å². The fourth-order valence-electron chi connectivity index (χ4n) is 3.95. The summed E-state index contributed by atoms with van der Waals surface area (Å²) in [4.78, 5) is 28.9. The normalized spacial score (nSPS) is 18.1. The summed E-state index contributed by atoms with van der Waals surface area (Å²) >= 11 is 0. The molecule has 1 aromatic heterocycles. The number of aryl methyl sites for hydroxylation is 1. The summed E-state index contributed by atoms with van der Waals surface area (Å²) in [5.41, 5.74) is 2.32. The number of likely N-dealkylation sites (N-methyl/N-ethyl adjacent to an activating group) is 1. The fraction of sp³-hybridized carbons (Fsp3) is 0.750. The third kappa shape index (κ3) is 4.34. The molecule has 6 nitrogen and oxygen atoms in total. The molecule has 0 atom stereocenters. The minimum Gasteiger partial charge on any atom is -0.354 e. The lowest BCUT2D eigenvalue weighted by molar-refractivity contribution is -0.132. The molecule has 1 saturated heterocycles. The molecule has 26 heavy (non-hydrogen) atoms. The van der Waals surface area contributed by atoms with E-state index in [-0.39, 0.29) is 5.91 Å². The molecule has 3 heterocycles. The Morgan fingerprint density at radius 3 is 2.50 bits per heavy atom. The van der Waals surface area contributed by atoms with E-state index in [1.165, 1.54) is 5.56 Å². The van der Waals surface area contributed by atoms with Crippen LogP contribution in [0.25, 0.3) is 0 Å². The molecular formula is C20H33N5O. The molecule has 1 aromatic rings. The van der Waals surface area contributed by atoms with Gasteiger partial charge in [0.05, 0.1) is 12.2 Å². The molecule has 0 aliphatic carbocycles. The van der Waals surface area contributed by atoms with Crippen molar-refractivity contribution in [3.05, 3.63) is 17.1 Å². The van der Waals surface area contributed by atoms with Gasteiger partial charge >= 0.3 is 0 Å². The van der Waals surface area contributed by atoms with Crippen LogP contribution in [0.5, 0.6) is 0 Å². The lowest BCUT2D eigenvalue weighted by Gasteiger charge is -2.37. The first-order valence-corrected chi connectivity index (χ1v) is 10.2. The maximum Gasteiger partial charge on any atom is 0.222 e. The van der Waals surface area contributed by atoms with Crippen molar-refractivity contribution >= 4 is 11.7 Å². The number of aromatic nitrogens is 2. The summed E-state index contributed by atoms with van der Waals surface area (Å²) in [6.45, 7) is 13.1. The topological polar surface area (TPSA) is 52.6 Å². The Bertz CT molecular complexity index is 625. The van der Waals surface area contributed by atoms with Gasteiger partial charge in [0, 0.05) is 51.1 Å². The van der Waals surface area contributed by atoms with E-state index >= 15 is 0 Å². The number of fused-ring (bicyclic) bond motifs is 1. The largest absolute Gasteiger partial charge is 0.354 e. The number of anilines is 1. The second-order valence-electron chi connectivity index (χ2n) is 7.46. The first kappa shape index (κ1) is 19.1. The van der Waals surface area contributed by atoms with Gasteiger partial charge in [0.1, 0.15) is 11.6 Å². The van der Waals surface area contributed by atoms with Gasteiger partial charge in [0.2, 0.25) is 5.91 Å².